The Morgan fingerprint density at radius 3 is 2.88 bits per heavy atom. The molecule has 4 heteroatoms. The molecule has 0 bridgehead atoms. The molecular formula is C13H10ClN3. The van der Waals surface area contributed by atoms with Crippen LogP contribution in [0.2, 0.25) is 5.02 Å². The summed E-state index contributed by atoms with van der Waals surface area (Å²) in [6.07, 6.45) is 3.85. The lowest BCUT2D eigenvalue weighted by molar-refractivity contribution is 1.19. The molecular weight excluding hydrogens is 234 g/mol. The topological polar surface area (TPSA) is 43.3 Å². The summed E-state index contributed by atoms with van der Waals surface area (Å²) in [5.41, 5.74) is 9.15. The van der Waals surface area contributed by atoms with Crippen LogP contribution in [0.5, 0.6) is 0 Å². The first-order valence-corrected chi connectivity index (χ1v) is 5.60. The number of rotatable bonds is 1. The van der Waals surface area contributed by atoms with E-state index in [1.54, 1.807) is 0 Å². The van der Waals surface area contributed by atoms with E-state index in [1.807, 2.05) is 53.2 Å². The molecule has 0 spiro atoms. The molecule has 0 saturated heterocycles. The number of pyridine rings is 1. The van der Waals surface area contributed by atoms with E-state index in [2.05, 4.69) is 4.98 Å². The van der Waals surface area contributed by atoms with Crippen LogP contribution < -0.4 is 5.73 Å². The number of halogens is 1. The second kappa shape index (κ2) is 3.79. The number of imidazole rings is 1. The summed E-state index contributed by atoms with van der Waals surface area (Å²) in [6.45, 7) is 0. The average molecular weight is 244 g/mol. The summed E-state index contributed by atoms with van der Waals surface area (Å²) in [5, 5.41) is 0.707. The summed E-state index contributed by atoms with van der Waals surface area (Å²) in [5.74, 6) is 0. The summed E-state index contributed by atoms with van der Waals surface area (Å²) in [7, 11) is 0. The third-order valence-corrected chi connectivity index (χ3v) is 2.84. The fourth-order valence-electron chi connectivity index (χ4n) is 1.78. The van der Waals surface area contributed by atoms with Gasteiger partial charge in [-0.2, -0.15) is 0 Å². The molecule has 0 atom stereocenters. The molecule has 3 aromatic rings. The Hall–Kier alpha value is -2.00. The van der Waals surface area contributed by atoms with Crippen molar-refractivity contribution < 1.29 is 0 Å². The van der Waals surface area contributed by atoms with Gasteiger partial charge < -0.3 is 10.1 Å². The number of anilines is 1. The van der Waals surface area contributed by atoms with Crippen LogP contribution >= 0.6 is 11.6 Å². The fourth-order valence-corrected chi connectivity index (χ4v) is 1.97. The van der Waals surface area contributed by atoms with Crippen LogP contribution in [0, 0.1) is 0 Å². The maximum atomic E-state index is 5.96. The van der Waals surface area contributed by atoms with Gasteiger partial charge in [0.1, 0.15) is 5.65 Å². The number of nitrogen functional groups attached to an aromatic ring is 1. The van der Waals surface area contributed by atoms with Gasteiger partial charge in [-0.15, -0.1) is 0 Å². The van der Waals surface area contributed by atoms with Crippen molar-refractivity contribution >= 4 is 22.9 Å². The molecule has 0 unspecified atom stereocenters. The molecule has 0 radical (unpaired) electrons. The smallest absolute Gasteiger partial charge is 0.139 e. The molecule has 3 nitrogen and oxygen atoms in total. The van der Waals surface area contributed by atoms with Crippen molar-refractivity contribution in [2.75, 3.05) is 5.73 Å². The maximum absolute atomic E-state index is 5.96. The molecule has 2 heterocycles. The van der Waals surface area contributed by atoms with Gasteiger partial charge >= 0.3 is 0 Å². The molecule has 0 aliphatic rings. The number of nitrogens with two attached hydrogens (primary N) is 1. The van der Waals surface area contributed by atoms with Gasteiger partial charge in [-0.05, 0) is 18.2 Å². The quantitative estimate of drug-likeness (QED) is 0.713. The molecule has 2 aromatic heterocycles. The standard InChI is InChI=1S/C13H10ClN3/c14-10-3-1-2-9(6-10)12-8-17-5-4-11(15)7-13(17)16-12/h1-8H,15H2. The van der Waals surface area contributed by atoms with Crippen LogP contribution in [0.3, 0.4) is 0 Å². The number of fused-ring (bicyclic) bond motifs is 1. The van der Waals surface area contributed by atoms with Crippen LogP contribution in [0.1, 0.15) is 0 Å². The third-order valence-electron chi connectivity index (χ3n) is 2.60. The number of benzene rings is 1. The van der Waals surface area contributed by atoms with Crippen molar-refractivity contribution in [2.24, 2.45) is 0 Å². The lowest BCUT2D eigenvalue weighted by Gasteiger charge is -1.95. The Labute approximate surface area is 103 Å². The largest absolute Gasteiger partial charge is 0.399 e. The Kier molecular flexibility index (Phi) is 2.27. The van der Waals surface area contributed by atoms with E-state index in [0.717, 1.165) is 16.9 Å². The zero-order valence-electron chi connectivity index (χ0n) is 8.97. The number of hydrogen-bond acceptors (Lipinski definition) is 2. The first-order chi connectivity index (χ1) is 8.22. The van der Waals surface area contributed by atoms with Gasteiger partial charge in [0.05, 0.1) is 5.69 Å². The van der Waals surface area contributed by atoms with Crippen molar-refractivity contribution in [3.8, 4) is 11.3 Å². The molecule has 17 heavy (non-hydrogen) atoms. The predicted molar refractivity (Wildman–Crippen MR) is 70.1 cm³/mol. The van der Waals surface area contributed by atoms with E-state index >= 15 is 0 Å². The van der Waals surface area contributed by atoms with Gasteiger partial charge in [-0.1, -0.05) is 23.7 Å². The van der Waals surface area contributed by atoms with E-state index < -0.39 is 0 Å². The summed E-state index contributed by atoms with van der Waals surface area (Å²) >= 11 is 5.96. The monoisotopic (exact) mass is 243 g/mol. The SMILES string of the molecule is Nc1ccn2cc(-c3cccc(Cl)c3)nc2c1. The van der Waals surface area contributed by atoms with E-state index in [4.69, 9.17) is 17.3 Å². The first kappa shape index (κ1) is 10.2. The van der Waals surface area contributed by atoms with Crippen molar-refractivity contribution in [1.29, 1.82) is 0 Å². The van der Waals surface area contributed by atoms with Gasteiger partial charge in [0, 0.05) is 34.7 Å². The fraction of sp³-hybridized carbons (Fsp3) is 0. The third kappa shape index (κ3) is 1.85. The van der Waals surface area contributed by atoms with Crippen molar-refractivity contribution in [3.63, 3.8) is 0 Å². The van der Waals surface area contributed by atoms with E-state index in [1.165, 1.54) is 0 Å². The molecule has 84 valence electrons. The van der Waals surface area contributed by atoms with Gasteiger partial charge in [-0.3, -0.25) is 0 Å². The van der Waals surface area contributed by atoms with Crippen LogP contribution in [0.25, 0.3) is 16.9 Å². The molecule has 0 fully saturated rings. The average Bonchev–Trinajstić information content (AvgIpc) is 2.72. The van der Waals surface area contributed by atoms with Gasteiger partial charge in [-0.25, -0.2) is 4.98 Å². The molecule has 0 amide bonds. The highest BCUT2D eigenvalue weighted by molar-refractivity contribution is 6.30. The maximum Gasteiger partial charge on any atom is 0.139 e. The molecule has 0 aliphatic heterocycles. The lowest BCUT2D eigenvalue weighted by atomic mass is 10.2. The predicted octanol–water partition coefficient (Wildman–Crippen LogP) is 3.24. The minimum Gasteiger partial charge on any atom is -0.399 e. The van der Waals surface area contributed by atoms with E-state index in [0.29, 0.717) is 10.7 Å². The highest BCUT2D eigenvalue weighted by atomic mass is 35.5. The van der Waals surface area contributed by atoms with Crippen molar-refractivity contribution in [3.05, 3.63) is 53.8 Å². The Morgan fingerprint density at radius 2 is 2.06 bits per heavy atom. The Morgan fingerprint density at radius 1 is 1.18 bits per heavy atom. The lowest BCUT2D eigenvalue weighted by Crippen LogP contribution is -1.87. The first-order valence-electron chi connectivity index (χ1n) is 5.22. The molecule has 3 rings (SSSR count). The number of nitrogens with zero attached hydrogens (tertiary/aromatic N) is 2. The molecule has 2 N–H and O–H groups in total. The Bertz CT molecular complexity index is 688. The summed E-state index contributed by atoms with van der Waals surface area (Å²) < 4.78 is 1.94. The second-order valence-corrected chi connectivity index (χ2v) is 4.30. The minimum absolute atomic E-state index is 0.707. The second-order valence-electron chi connectivity index (χ2n) is 3.86. The van der Waals surface area contributed by atoms with E-state index in [9.17, 15) is 0 Å². The van der Waals surface area contributed by atoms with Crippen molar-refractivity contribution in [2.45, 2.75) is 0 Å². The zero-order valence-corrected chi connectivity index (χ0v) is 9.72. The summed E-state index contributed by atoms with van der Waals surface area (Å²) in [6, 6.07) is 11.3. The number of aromatic nitrogens is 2. The summed E-state index contributed by atoms with van der Waals surface area (Å²) in [4.78, 5) is 4.51. The van der Waals surface area contributed by atoms with Crippen LogP contribution in [0.4, 0.5) is 5.69 Å². The minimum atomic E-state index is 0.707. The van der Waals surface area contributed by atoms with Crippen LogP contribution in [-0.4, -0.2) is 9.38 Å². The van der Waals surface area contributed by atoms with Crippen LogP contribution in [0.15, 0.2) is 48.8 Å². The number of hydrogen-bond donors (Lipinski definition) is 1. The van der Waals surface area contributed by atoms with Gasteiger partial charge in [0.15, 0.2) is 0 Å². The van der Waals surface area contributed by atoms with Gasteiger partial charge in [0.25, 0.3) is 0 Å². The molecule has 0 aliphatic carbocycles. The van der Waals surface area contributed by atoms with E-state index in [-0.39, 0.29) is 0 Å². The Balaban J connectivity index is 2.18. The highest BCUT2D eigenvalue weighted by Crippen LogP contribution is 2.22. The van der Waals surface area contributed by atoms with Crippen LogP contribution in [-0.2, 0) is 0 Å². The van der Waals surface area contributed by atoms with Gasteiger partial charge in [0.2, 0.25) is 0 Å². The normalized spacial score (nSPS) is 10.9. The molecule has 0 saturated carbocycles. The molecule has 1 aromatic carbocycles. The van der Waals surface area contributed by atoms with Crippen molar-refractivity contribution in [1.82, 2.24) is 9.38 Å². The zero-order chi connectivity index (χ0) is 11.8. The highest BCUT2D eigenvalue weighted by Gasteiger charge is 2.04.